The normalized spacial score (nSPS) is 12.1. The fraction of sp³-hybridized carbons (Fsp3) is 0.273. The van der Waals surface area contributed by atoms with Crippen LogP contribution in [-0.4, -0.2) is 20.9 Å². The molecule has 0 aliphatic heterocycles. The average molecular weight is 279 g/mol. The zero-order chi connectivity index (χ0) is 13.8. The van der Waals surface area contributed by atoms with Gasteiger partial charge in [-0.2, -0.15) is 11.3 Å². The number of nitrogens with one attached hydrogen (secondary N) is 1. The van der Waals surface area contributed by atoms with Crippen LogP contribution >= 0.6 is 11.3 Å². The van der Waals surface area contributed by atoms with Crippen LogP contribution in [0.15, 0.2) is 23.2 Å². The maximum absolute atomic E-state index is 10.9. The van der Waals surface area contributed by atoms with Gasteiger partial charge < -0.3 is 11.1 Å². The van der Waals surface area contributed by atoms with Gasteiger partial charge in [0, 0.05) is 6.04 Å². The van der Waals surface area contributed by atoms with E-state index in [0.717, 1.165) is 6.42 Å². The first-order chi connectivity index (χ1) is 9.08. The predicted octanol–water partition coefficient (Wildman–Crippen LogP) is 2.07. The van der Waals surface area contributed by atoms with E-state index < -0.39 is 4.92 Å². The minimum absolute atomic E-state index is 0.00241. The standard InChI is InChI=1S/C11H13N5O2S/c1-7(4-8-2-3-19-5-8)15-11-9(16(17)18)10(12)13-6-14-11/h2-3,5-7H,4H2,1H3,(H3,12,13,14,15). The first kappa shape index (κ1) is 13.2. The second kappa shape index (κ2) is 5.61. The third-order valence-electron chi connectivity index (χ3n) is 2.54. The van der Waals surface area contributed by atoms with Crippen molar-refractivity contribution in [1.29, 1.82) is 0 Å². The van der Waals surface area contributed by atoms with Crippen LogP contribution in [-0.2, 0) is 6.42 Å². The number of aromatic nitrogens is 2. The Balaban J connectivity index is 2.14. The SMILES string of the molecule is CC(Cc1ccsc1)Nc1ncnc(N)c1[N+](=O)[O-]. The molecule has 0 bridgehead atoms. The maximum atomic E-state index is 10.9. The molecule has 0 radical (unpaired) electrons. The summed E-state index contributed by atoms with van der Waals surface area (Å²) >= 11 is 1.62. The molecule has 0 aliphatic rings. The van der Waals surface area contributed by atoms with Crippen molar-refractivity contribution in [3.05, 3.63) is 38.8 Å². The number of thiophene rings is 1. The quantitative estimate of drug-likeness (QED) is 0.641. The van der Waals surface area contributed by atoms with Crippen molar-refractivity contribution < 1.29 is 4.92 Å². The van der Waals surface area contributed by atoms with Crippen LogP contribution in [0.3, 0.4) is 0 Å². The summed E-state index contributed by atoms with van der Waals surface area (Å²) in [5, 5.41) is 18.0. The highest BCUT2D eigenvalue weighted by Gasteiger charge is 2.21. The summed E-state index contributed by atoms with van der Waals surface area (Å²) < 4.78 is 0. The third-order valence-corrected chi connectivity index (χ3v) is 3.27. The summed E-state index contributed by atoms with van der Waals surface area (Å²) in [5.41, 5.74) is 6.40. The summed E-state index contributed by atoms with van der Waals surface area (Å²) in [6.45, 7) is 1.93. The fourth-order valence-electron chi connectivity index (χ4n) is 1.72. The molecule has 1 unspecified atom stereocenters. The van der Waals surface area contributed by atoms with Crippen LogP contribution in [0.5, 0.6) is 0 Å². The van der Waals surface area contributed by atoms with E-state index in [1.54, 1.807) is 11.3 Å². The number of nitrogens with zero attached hydrogens (tertiary/aromatic N) is 3. The third kappa shape index (κ3) is 3.16. The number of nitrogens with two attached hydrogens (primary N) is 1. The van der Waals surface area contributed by atoms with Crippen molar-refractivity contribution in [3.63, 3.8) is 0 Å². The Morgan fingerprint density at radius 1 is 1.58 bits per heavy atom. The molecule has 0 amide bonds. The van der Waals surface area contributed by atoms with Crippen molar-refractivity contribution in [2.75, 3.05) is 11.1 Å². The predicted molar refractivity (Wildman–Crippen MR) is 74.2 cm³/mol. The second-order valence-electron chi connectivity index (χ2n) is 4.09. The number of anilines is 2. The van der Waals surface area contributed by atoms with Gasteiger partial charge in [0.1, 0.15) is 6.33 Å². The summed E-state index contributed by atoms with van der Waals surface area (Å²) in [5.74, 6) is 0.0189. The van der Waals surface area contributed by atoms with Crippen LogP contribution in [0.4, 0.5) is 17.3 Å². The Labute approximate surface area is 113 Å². The number of rotatable bonds is 5. The van der Waals surface area contributed by atoms with Gasteiger partial charge in [0.15, 0.2) is 0 Å². The molecule has 3 N–H and O–H groups in total. The molecule has 100 valence electrons. The van der Waals surface area contributed by atoms with Gasteiger partial charge >= 0.3 is 5.69 Å². The molecule has 8 heteroatoms. The lowest BCUT2D eigenvalue weighted by Crippen LogP contribution is -2.20. The van der Waals surface area contributed by atoms with E-state index in [4.69, 9.17) is 5.73 Å². The zero-order valence-corrected chi connectivity index (χ0v) is 11.1. The van der Waals surface area contributed by atoms with E-state index in [0.29, 0.717) is 0 Å². The van der Waals surface area contributed by atoms with Crippen molar-refractivity contribution in [3.8, 4) is 0 Å². The smallest absolute Gasteiger partial charge is 0.352 e. The highest BCUT2D eigenvalue weighted by Crippen LogP contribution is 2.27. The molecule has 0 saturated heterocycles. The number of hydrogen-bond acceptors (Lipinski definition) is 7. The largest absolute Gasteiger partial charge is 0.378 e. The van der Waals surface area contributed by atoms with Crippen molar-refractivity contribution >= 4 is 28.7 Å². The number of nitrogen functional groups attached to an aromatic ring is 1. The van der Waals surface area contributed by atoms with E-state index in [9.17, 15) is 10.1 Å². The van der Waals surface area contributed by atoms with E-state index in [2.05, 4.69) is 15.3 Å². The lowest BCUT2D eigenvalue weighted by atomic mass is 10.1. The molecule has 0 aliphatic carbocycles. The van der Waals surface area contributed by atoms with Crippen LogP contribution in [0.2, 0.25) is 0 Å². The molecule has 1 atom stereocenters. The molecule has 7 nitrogen and oxygen atoms in total. The van der Waals surface area contributed by atoms with Gasteiger partial charge in [0.25, 0.3) is 0 Å². The summed E-state index contributed by atoms with van der Waals surface area (Å²) in [6, 6.07) is 2.02. The fourth-order valence-corrected chi connectivity index (χ4v) is 2.41. The molecule has 2 rings (SSSR count). The molecule has 0 aromatic carbocycles. The first-order valence-corrected chi connectivity index (χ1v) is 6.54. The molecule has 0 saturated carbocycles. The minimum atomic E-state index is -0.574. The second-order valence-corrected chi connectivity index (χ2v) is 4.87. The first-order valence-electron chi connectivity index (χ1n) is 5.60. The summed E-state index contributed by atoms with van der Waals surface area (Å²) in [7, 11) is 0. The van der Waals surface area contributed by atoms with Gasteiger partial charge in [-0.1, -0.05) is 0 Å². The molecule has 0 spiro atoms. The Kier molecular flexibility index (Phi) is 3.91. The van der Waals surface area contributed by atoms with Gasteiger partial charge in [-0.05, 0) is 35.7 Å². The Bertz CT molecular complexity index is 572. The van der Waals surface area contributed by atoms with Crippen LogP contribution < -0.4 is 11.1 Å². The van der Waals surface area contributed by atoms with E-state index in [1.165, 1.54) is 11.9 Å². The van der Waals surface area contributed by atoms with Crippen molar-refractivity contribution in [1.82, 2.24) is 9.97 Å². The number of hydrogen-bond donors (Lipinski definition) is 2. The van der Waals surface area contributed by atoms with E-state index >= 15 is 0 Å². The van der Waals surface area contributed by atoms with Gasteiger partial charge in [-0.3, -0.25) is 10.1 Å². The van der Waals surface area contributed by atoms with Gasteiger partial charge in [-0.15, -0.1) is 0 Å². The lowest BCUT2D eigenvalue weighted by Gasteiger charge is -2.13. The van der Waals surface area contributed by atoms with E-state index in [1.807, 2.05) is 23.8 Å². The molecule has 2 aromatic rings. The van der Waals surface area contributed by atoms with Crippen molar-refractivity contribution in [2.45, 2.75) is 19.4 Å². The minimum Gasteiger partial charge on any atom is -0.378 e. The molecule has 0 fully saturated rings. The monoisotopic (exact) mass is 279 g/mol. The molecule has 2 heterocycles. The molecule has 2 aromatic heterocycles. The Morgan fingerprint density at radius 2 is 2.37 bits per heavy atom. The van der Waals surface area contributed by atoms with Gasteiger partial charge in [0.05, 0.1) is 4.92 Å². The van der Waals surface area contributed by atoms with Gasteiger partial charge in [-0.25, -0.2) is 9.97 Å². The Morgan fingerprint density at radius 3 is 3.00 bits per heavy atom. The van der Waals surface area contributed by atoms with Gasteiger partial charge in [0.2, 0.25) is 11.6 Å². The zero-order valence-electron chi connectivity index (χ0n) is 10.2. The van der Waals surface area contributed by atoms with E-state index in [-0.39, 0.29) is 23.4 Å². The van der Waals surface area contributed by atoms with Crippen LogP contribution in [0.1, 0.15) is 12.5 Å². The molecular formula is C11H13N5O2S. The highest BCUT2D eigenvalue weighted by atomic mass is 32.1. The Hall–Kier alpha value is -2.22. The number of nitro groups is 1. The van der Waals surface area contributed by atoms with Crippen LogP contribution in [0, 0.1) is 10.1 Å². The highest BCUT2D eigenvalue weighted by molar-refractivity contribution is 7.07. The topological polar surface area (TPSA) is 107 Å². The van der Waals surface area contributed by atoms with Crippen LogP contribution in [0.25, 0.3) is 0 Å². The summed E-state index contributed by atoms with van der Waals surface area (Å²) in [6.07, 6.45) is 1.96. The maximum Gasteiger partial charge on any atom is 0.352 e. The average Bonchev–Trinajstić information content (AvgIpc) is 2.81. The molecular weight excluding hydrogens is 266 g/mol. The molecule has 19 heavy (non-hydrogen) atoms. The lowest BCUT2D eigenvalue weighted by molar-refractivity contribution is -0.383. The van der Waals surface area contributed by atoms with Crippen molar-refractivity contribution in [2.24, 2.45) is 0 Å². The summed E-state index contributed by atoms with van der Waals surface area (Å²) in [4.78, 5) is 17.9.